The molecule has 0 aliphatic rings. The van der Waals surface area contributed by atoms with Crippen LogP contribution in [0.1, 0.15) is 0 Å². The number of hydrogen-bond donors (Lipinski definition) is 0. The van der Waals surface area contributed by atoms with Crippen LogP contribution in [0.25, 0.3) is 10.9 Å². The summed E-state index contributed by atoms with van der Waals surface area (Å²) < 4.78 is 75.1. The Morgan fingerprint density at radius 3 is 2.53 bits per heavy atom. The van der Waals surface area contributed by atoms with E-state index in [0.717, 1.165) is 18.3 Å². The maximum atomic E-state index is 13.4. The molecule has 4 nitrogen and oxygen atoms in total. The molecule has 9 heteroatoms. The van der Waals surface area contributed by atoms with Gasteiger partial charge in [-0.3, -0.25) is 4.98 Å². The van der Waals surface area contributed by atoms with Gasteiger partial charge in [0, 0.05) is 5.39 Å². The fraction of sp³-hybridized carbons (Fsp3) is 0.100. The Morgan fingerprint density at radius 1 is 1.21 bits per heavy atom. The third kappa shape index (κ3) is 2.60. The molecule has 0 spiro atoms. The summed E-state index contributed by atoms with van der Waals surface area (Å²) in [5.41, 5.74) is -5.39. The van der Waals surface area contributed by atoms with Crippen molar-refractivity contribution in [3.8, 4) is 5.75 Å². The number of hydrogen-bond acceptors (Lipinski definition) is 4. The number of halogens is 4. The monoisotopic (exact) mass is 295 g/mol. The Labute approximate surface area is 104 Å². The summed E-state index contributed by atoms with van der Waals surface area (Å²) in [4.78, 5) is 3.61. The average Bonchev–Trinajstić information content (AvgIpc) is 2.28. The van der Waals surface area contributed by atoms with Crippen LogP contribution in [0.3, 0.4) is 0 Å². The van der Waals surface area contributed by atoms with Gasteiger partial charge in [0.25, 0.3) is 0 Å². The summed E-state index contributed by atoms with van der Waals surface area (Å²) in [5, 5.41) is -0.141. The van der Waals surface area contributed by atoms with Crippen molar-refractivity contribution < 1.29 is 30.2 Å². The molecular weight excluding hydrogens is 290 g/mol. The van der Waals surface area contributed by atoms with E-state index in [4.69, 9.17) is 0 Å². The summed E-state index contributed by atoms with van der Waals surface area (Å²) in [7, 11) is -5.79. The quantitative estimate of drug-likeness (QED) is 0.485. The fourth-order valence-electron chi connectivity index (χ4n) is 1.31. The lowest BCUT2D eigenvalue weighted by Gasteiger charge is -2.09. The molecule has 0 N–H and O–H groups in total. The van der Waals surface area contributed by atoms with E-state index in [1.807, 2.05) is 0 Å². The topological polar surface area (TPSA) is 56.3 Å². The molecule has 0 aliphatic carbocycles. The Morgan fingerprint density at radius 2 is 1.89 bits per heavy atom. The van der Waals surface area contributed by atoms with E-state index >= 15 is 0 Å². The lowest BCUT2D eigenvalue weighted by Crippen LogP contribution is -2.28. The minimum atomic E-state index is -5.79. The summed E-state index contributed by atoms with van der Waals surface area (Å²) in [5.74, 6) is -1.46. The first-order valence-electron chi connectivity index (χ1n) is 4.76. The molecule has 0 radical (unpaired) electrons. The molecule has 1 heterocycles. The SMILES string of the molecule is O=S(=O)(Oc1cnc2cccc(F)c2c1)C(F)(F)F. The molecule has 0 aliphatic heterocycles. The molecule has 2 rings (SSSR count). The van der Waals surface area contributed by atoms with Gasteiger partial charge >= 0.3 is 15.6 Å². The van der Waals surface area contributed by atoms with Gasteiger partial charge in [0.1, 0.15) is 5.82 Å². The largest absolute Gasteiger partial charge is 0.534 e. The highest BCUT2D eigenvalue weighted by Crippen LogP contribution is 2.28. The van der Waals surface area contributed by atoms with Gasteiger partial charge in [-0.25, -0.2) is 4.39 Å². The zero-order chi connectivity index (χ0) is 14.3. The summed E-state index contributed by atoms with van der Waals surface area (Å²) in [6.45, 7) is 0. The van der Waals surface area contributed by atoms with Crippen LogP contribution in [0.2, 0.25) is 0 Å². The normalized spacial score (nSPS) is 12.6. The number of fused-ring (bicyclic) bond motifs is 1. The molecule has 0 unspecified atom stereocenters. The molecule has 0 atom stereocenters. The smallest absolute Gasteiger partial charge is 0.374 e. The van der Waals surface area contributed by atoms with Crippen LogP contribution in [-0.2, 0) is 10.1 Å². The van der Waals surface area contributed by atoms with Crippen LogP contribution in [0.15, 0.2) is 30.5 Å². The van der Waals surface area contributed by atoms with Crippen LogP contribution in [0, 0.1) is 5.82 Å². The molecule has 102 valence electrons. The first-order valence-corrected chi connectivity index (χ1v) is 6.16. The second-order valence-corrected chi connectivity index (χ2v) is 5.00. The number of alkyl halides is 3. The third-order valence-electron chi connectivity index (χ3n) is 2.14. The fourth-order valence-corrected chi connectivity index (χ4v) is 1.75. The second kappa shape index (κ2) is 4.34. The van der Waals surface area contributed by atoms with E-state index in [0.29, 0.717) is 0 Å². The van der Waals surface area contributed by atoms with Crippen LogP contribution in [0.4, 0.5) is 17.6 Å². The minimum absolute atomic E-state index is 0.141. The summed E-state index contributed by atoms with van der Waals surface area (Å²) >= 11 is 0. The van der Waals surface area contributed by atoms with Crippen molar-refractivity contribution in [1.82, 2.24) is 4.98 Å². The van der Waals surface area contributed by atoms with Crippen molar-refractivity contribution in [2.75, 3.05) is 0 Å². The Kier molecular flexibility index (Phi) is 3.09. The zero-order valence-electron chi connectivity index (χ0n) is 8.98. The summed E-state index contributed by atoms with van der Waals surface area (Å²) in [6, 6.07) is 4.67. The Bertz CT molecular complexity index is 727. The van der Waals surface area contributed by atoms with Gasteiger partial charge in [-0.05, 0) is 18.2 Å². The molecule has 0 bridgehead atoms. The van der Waals surface area contributed by atoms with Gasteiger partial charge in [0.05, 0.1) is 11.7 Å². The maximum absolute atomic E-state index is 13.4. The van der Waals surface area contributed by atoms with Gasteiger partial charge in [-0.15, -0.1) is 0 Å². The number of benzene rings is 1. The van der Waals surface area contributed by atoms with Crippen molar-refractivity contribution >= 4 is 21.0 Å². The Hall–Kier alpha value is -1.90. The van der Waals surface area contributed by atoms with Crippen LogP contribution < -0.4 is 4.18 Å². The highest BCUT2D eigenvalue weighted by molar-refractivity contribution is 7.88. The number of nitrogens with zero attached hydrogens (tertiary/aromatic N) is 1. The maximum Gasteiger partial charge on any atom is 0.534 e. The van der Waals surface area contributed by atoms with Gasteiger partial charge in [0.15, 0.2) is 5.75 Å². The van der Waals surface area contributed by atoms with Gasteiger partial charge < -0.3 is 4.18 Å². The first kappa shape index (κ1) is 13.5. The second-order valence-electron chi connectivity index (χ2n) is 3.46. The van der Waals surface area contributed by atoms with E-state index in [9.17, 15) is 26.0 Å². The van der Waals surface area contributed by atoms with Crippen molar-refractivity contribution in [2.45, 2.75) is 5.51 Å². The molecule has 0 amide bonds. The van der Waals surface area contributed by atoms with E-state index < -0.39 is 27.2 Å². The lowest BCUT2D eigenvalue weighted by molar-refractivity contribution is -0.0500. The highest BCUT2D eigenvalue weighted by atomic mass is 32.2. The van der Waals surface area contributed by atoms with Crippen LogP contribution in [-0.4, -0.2) is 18.9 Å². The van der Waals surface area contributed by atoms with Crippen LogP contribution >= 0.6 is 0 Å². The van der Waals surface area contributed by atoms with Crippen molar-refractivity contribution in [1.29, 1.82) is 0 Å². The average molecular weight is 295 g/mol. The molecular formula is C10H5F4NO3S. The number of aromatic nitrogens is 1. The Balaban J connectivity index is 2.46. The molecule has 1 aromatic carbocycles. The van der Waals surface area contributed by atoms with E-state index in [1.165, 1.54) is 12.1 Å². The van der Waals surface area contributed by atoms with E-state index in [2.05, 4.69) is 9.17 Å². The lowest BCUT2D eigenvalue weighted by atomic mass is 10.2. The van der Waals surface area contributed by atoms with E-state index in [1.54, 1.807) is 0 Å². The summed E-state index contributed by atoms with van der Waals surface area (Å²) in [6.07, 6.45) is 0.769. The van der Waals surface area contributed by atoms with Gasteiger partial charge in [-0.2, -0.15) is 21.6 Å². The number of rotatable bonds is 2. The van der Waals surface area contributed by atoms with Gasteiger partial charge in [-0.1, -0.05) is 6.07 Å². The number of pyridine rings is 1. The highest BCUT2D eigenvalue weighted by Gasteiger charge is 2.48. The molecule has 1 aromatic heterocycles. The predicted octanol–water partition coefficient (Wildman–Crippen LogP) is 2.60. The molecule has 2 aromatic rings. The third-order valence-corrected chi connectivity index (χ3v) is 3.12. The van der Waals surface area contributed by atoms with Crippen molar-refractivity contribution in [3.63, 3.8) is 0 Å². The van der Waals surface area contributed by atoms with E-state index in [-0.39, 0.29) is 10.9 Å². The molecule has 0 saturated heterocycles. The minimum Gasteiger partial charge on any atom is -0.374 e. The molecule has 19 heavy (non-hydrogen) atoms. The zero-order valence-corrected chi connectivity index (χ0v) is 9.80. The molecule has 0 fully saturated rings. The van der Waals surface area contributed by atoms with Gasteiger partial charge in [0.2, 0.25) is 0 Å². The predicted molar refractivity (Wildman–Crippen MR) is 57.3 cm³/mol. The van der Waals surface area contributed by atoms with Crippen molar-refractivity contribution in [2.24, 2.45) is 0 Å². The standard InChI is InChI=1S/C10H5F4NO3S/c11-8-2-1-3-9-7(8)4-6(5-15-9)18-19(16,17)10(12,13)14/h1-5H. The van der Waals surface area contributed by atoms with Crippen molar-refractivity contribution in [3.05, 3.63) is 36.3 Å². The molecule has 0 saturated carbocycles. The van der Waals surface area contributed by atoms with Crippen LogP contribution in [0.5, 0.6) is 5.75 Å². The first-order chi connectivity index (χ1) is 8.71.